The molecule has 0 aromatic heterocycles. The number of rotatable bonds is 6. The molecule has 0 bridgehead atoms. The van der Waals surface area contributed by atoms with Gasteiger partial charge in [-0.25, -0.2) is 0 Å². The number of carbonyl (C=O) groups excluding carboxylic acids is 4. The quantitative estimate of drug-likeness (QED) is 0.346. The second kappa shape index (κ2) is 9.76. The van der Waals surface area contributed by atoms with Crippen LogP contribution < -0.4 is 19.3 Å². The van der Waals surface area contributed by atoms with Crippen LogP contribution in [0.1, 0.15) is 39.5 Å². The number of anilines is 2. The highest BCUT2D eigenvalue weighted by Crippen LogP contribution is 2.42. The maximum absolute atomic E-state index is 12.9. The molecule has 3 aliphatic rings. The molecular formula is C28H30N2O6. The number of hydrogen-bond donors (Lipinski definition) is 0. The molecule has 2 saturated heterocycles. The van der Waals surface area contributed by atoms with Crippen molar-refractivity contribution in [2.75, 3.05) is 23.0 Å². The fourth-order valence-corrected chi connectivity index (χ4v) is 5.51. The van der Waals surface area contributed by atoms with Crippen LogP contribution in [0.2, 0.25) is 0 Å². The zero-order chi connectivity index (χ0) is 25.4. The molecule has 5 rings (SSSR count). The molecule has 3 amide bonds. The average molecular weight is 491 g/mol. The van der Waals surface area contributed by atoms with Gasteiger partial charge >= 0.3 is 5.97 Å². The highest BCUT2D eigenvalue weighted by atomic mass is 16.5. The minimum Gasteiger partial charge on any atom is -0.494 e. The van der Waals surface area contributed by atoms with Crippen molar-refractivity contribution < 1.29 is 28.7 Å². The molecule has 1 aliphatic carbocycles. The third-order valence-corrected chi connectivity index (χ3v) is 7.42. The third-order valence-electron chi connectivity index (χ3n) is 7.42. The molecule has 2 aromatic carbocycles. The summed E-state index contributed by atoms with van der Waals surface area (Å²) in [6.45, 7) is 4.82. The van der Waals surface area contributed by atoms with E-state index in [4.69, 9.17) is 9.47 Å². The van der Waals surface area contributed by atoms with Gasteiger partial charge in [-0.2, -0.15) is 0 Å². The summed E-state index contributed by atoms with van der Waals surface area (Å²) in [5.74, 6) is -0.495. The van der Waals surface area contributed by atoms with Crippen LogP contribution in [-0.2, 0) is 19.2 Å². The number of hydrogen-bond acceptors (Lipinski definition) is 6. The Hall–Kier alpha value is -3.68. The second-order valence-electron chi connectivity index (χ2n) is 9.89. The minimum absolute atomic E-state index is 0.0715. The summed E-state index contributed by atoms with van der Waals surface area (Å²) in [6, 6.07) is 13.6. The van der Waals surface area contributed by atoms with Crippen LogP contribution in [0, 0.1) is 23.7 Å². The lowest BCUT2D eigenvalue weighted by Crippen LogP contribution is -2.30. The lowest BCUT2D eigenvalue weighted by atomic mass is 9.76. The maximum Gasteiger partial charge on any atom is 0.316 e. The molecule has 36 heavy (non-hydrogen) atoms. The van der Waals surface area contributed by atoms with E-state index in [2.05, 4.69) is 6.92 Å². The van der Waals surface area contributed by atoms with Crippen LogP contribution in [-0.4, -0.2) is 36.8 Å². The summed E-state index contributed by atoms with van der Waals surface area (Å²) < 4.78 is 11.0. The number of esters is 1. The van der Waals surface area contributed by atoms with Crippen molar-refractivity contribution in [1.82, 2.24) is 0 Å². The van der Waals surface area contributed by atoms with Crippen LogP contribution in [0.5, 0.6) is 11.5 Å². The van der Waals surface area contributed by atoms with E-state index in [1.165, 1.54) is 4.90 Å². The van der Waals surface area contributed by atoms with Gasteiger partial charge in [0, 0.05) is 18.7 Å². The number of fused-ring (bicyclic) bond motifs is 1. The standard InChI is InChI=1S/C28H30N2O6/c1-3-35-21-9-5-19(6-10-21)29-16-18(15-25(29)31)28(34)36-22-11-7-20(8-12-22)30-26(32)23-13-4-17(2)14-24(23)27(30)33/h5-12,17-18,23-24H,3-4,13-16H2,1-2H3/t17-,18+,23+,24-/m0/s1. The Bertz CT molecular complexity index is 1180. The fourth-order valence-electron chi connectivity index (χ4n) is 5.51. The number of benzene rings is 2. The first kappa shape index (κ1) is 24.0. The van der Waals surface area contributed by atoms with E-state index in [-0.39, 0.29) is 42.5 Å². The largest absolute Gasteiger partial charge is 0.494 e. The van der Waals surface area contributed by atoms with Crippen molar-refractivity contribution in [3.8, 4) is 11.5 Å². The Labute approximate surface area is 210 Å². The first-order valence-corrected chi connectivity index (χ1v) is 12.6. The van der Waals surface area contributed by atoms with Gasteiger partial charge in [0.1, 0.15) is 11.5 Å². The van der Waals surface area contributed by atoms with Crippen molar-refractivity contribution in [1.29, 1.82) is 0 Å². The number of imide groups is 1. The first-order valence-electron chi connectivity index (χ1n) is 12.6. The fraction of sp³-hybridized carbons (Fsp3) is 0.429. The Balaban J connectivity index is 1.21. The summed E-state index contributed by atoms with van der Waals surface area (Å²) in [5.41, 5.74) is 1.20. The number of nitrogens with zero attached hydrogens (tertiary/aromatic N) is 2. The molecule has 1 saturated carbocycles. The zero-order valence-electron chi connectivity index (χ0n) is 20.5. The highest BCUT2D eigenvalue weighted by molar-refractivity contribution is 6.22. The molecule has 188 valence electrons. The molecule has 0 unspecified atom stereocenters. The van der Waals surface area contributed by atoms with Gasteiger partial charge in [-0.05, 0) is 80.6 Å². The van der Waals surface area contributed by atoms with Gasteiger partial charge in [0.15, 0.2) is 0 Å². The SMILES string of the molecule is CCOc1ccc(N2C[C@H](C(=O)Oc3ccc(N4C(=O)[C@H]5C[C@@H](C)CC[C@H]5C4=O)cc3)CC2=O)cc1. The smallest absolute Gasteiger partial charge is 0.316 e. The van der Waals surface area contributed by atoms with Crippen molar-refractivity contribution in [2.24, 2.45) is 23.7 Å². The molecule has 2 aliphatic heterocycles. The van der Waals surface area contributed by atoms with Crippen molar-refractivity contribution >= 4 is 35.1 Å². The Morgan fingerprint density at radius 3 is 2.22 bits per heavy atom. The van der Waals surface area contributed by atoms with Crippen LogP contribution in [0.25, 0.3) is 0 Å². The second-order valence-corrected chi connectivity index (χ2v) is 9.89. The molecule has 2 heterocycles. The van der Waals surface area contributed by atoms with Crippen LogP contribution in [0.3, 0.4) is 0 Å². The van der Waals surface area contributed by atoms with Gasteiger partial charge in [0.25, 0.3) is 0 Å². The van der Waals surface area contributed by atoms with E-state index in [1.54, 1.807) is 53.4 Å². The summed E-state index contributed by atoms with van der Waals surface area (Å²) in [5, 5.41) is 0. The molecule has 0 N–H and O–H groups in total. The Morgan fingerprint density at radius 1 is 0.889 bits per heavy atom. The first-order chi connectivity index (χ1) is 17.4. The van der Waals surface area contributed by atoms with Gasteiger partial charge < -0.3 is 14.4 Å². The van der Waals surface area contributed by atoms with Crippen molar-refractivity contribution in [3.63, 3.8) is 0 Å². The van der Waals surface area contributed by atoms with E-state index in [0.29, 0.717) is 29.6 Å². The highest BCUT2D eigenvalue weighted by Gasteiger charge is 2.50. The molecule has 8 heteroatoms. The normalized spacial score (nSPS) is 25.8. The van der Waals surface area contributed by atoms with Crippen molar-refractivity contribution in [3.05, 3.63) is 48.5 Å². The number of amides is 3. The predicted molar refractivity (Wildman–Crippen MR) is 133 cm³/mol. The molecule has 4 atom stereocenters. The number of carbonyl (C=O) groups is 4. The third kappa shape index (κ3) is 4.47. The maximum atomic E-state index is 12.9. The zero-order valence-corrected chi connectivity index (χ0v) is 20.5. The van der Waals surface area contributed by atoms with Gasteiger partial charge in [0.2, 0.25) is 17.7 Å². The minimum atomic E-state index is -0.587. The van der Waals surface area contributed by atoms with Gasteiger partial charge in [0.05, 0.1) is 30.0 Å². The van der Waals surface area contributed by atoms with E-state index in [1.807, 2.05) is 6.92 Å². The average Bonchev–Trinajstić information content (AvgIpc) is 3.37. The van der Waals surface area contributed by atoms with E-state index in [0.717, 1.165) is 25.0 Å². The lowest BCUT2D eigenvalue weighted by molar-refractivity contribution is -0.139. The van der Waals surface area contributed by atoms with Gasteiger partial charge in [-0.15, -0.1) is 0 Å². The van der Waals surface area contributed by atoms with Gasteiger partial charge in [-0.1, -0.05) is 6.92 Å². The summed E-state index contributed by atoms with van der Waals surface area (Å²) in [7, 11) is 0. The number of ether oxygens (including phenoxy) is 2. The summed E-state index contributed by atoms with van der Waals surface area (Å²) in [4.78, 5) is 54.0. The van der Waals surface area contributed by atoms with Crippen LogP contribution in [0.4, 0.5) is 11.4 Å². The van der Waals surface area contributed by atoms with E-state index in [9.17, 15) is 19.2 Å². The molecular weight excluding hydrogens is 460 g/mol. The van der Waals surface area contributed by atoms with E-state index < -0.39 is 11.9 Å². The molecule has 3 fully saturated rings. The summed E-state index contributed by atoms with van der Waals surface area (Å²) >= 11 is 0. The lowest BCUT2D eigenvalue weighted by Gasteiger charge is -2.25. The Kier molecular flexibility index (Phi) is 6.51. The monoisotopic (exact) mass is 490 g/mol. The van der Waals surface area contributed by atoms with E-state index >= 15 is 0 Å². The van der Waals surface area contributed by atoms with Crippen molar-refractivity contribution in [2.45, 2.75) is 39.5 Å². The van der Waals surface area contributed by atoms with Crippen LogP contribution in [0.15, 0.2) is 48.5 Å². The molecule has 8 nitrogen and oxygen atoms in total. The predicted octanol–water partition coefficient (Wildman–Crippen LogP) is 3.97. The Morgan fingerprint density at radius 2 is 1.53 bits per heavy atom. The van der Waals surface area contributed by atoms with Gasteiger partial charge in [-0.3, -0.25) is 24.1 Å². The molecule has 0 spiro atoms. The van der Waals surface area contributed by atoms with Crippen LogP contribution >= 0.6 is 0 Å². The molecule has 0 radical (unpaired) electrons. The summed E-state index contributed by atoms with van der Waals surface area (Å²) in [6.07, 6.45) is 2.52. The topological polar surface area (TPSA) is 93.2 Å². The molecule has 2 aromatic rings.